The molecule has 3 rings (SSSR count). The lowest BCUT2D eigenvalue weighted by Gasteiger charge is -2.27. The maximum atomic E-state index is 13.0. The first-order valence-electron chi connectivity index (χ1n) is 10.8. The van der Waals surface area contributed by atoms with Gasteiger partial charge in [-0.05, 0) is 50.5 Å². The third-order valence-corrected chi connectivity index (χ3v) is 5.18. The van der Waals surface area contributed by atoms with Gasteiger partial charge < -0.3 is 29.9 Å². The number of aromatic nitrogens is 2. The topological polar surface area (TPSA) is 91.8 Å². The van der Waals surface area contributed by atoms with Gasteiger partial charge in [0.15, 0.2) is 6.29 Å². The third kappa shape index (κ3) is 6.65. The van der Waals surface area contributed by atoms with Gasteiger partial charge in [-0.3, -0.25) is 0 Å². The summed E-state index contributed by atoms with van der Waals surface area (Å²) in [6.07, 6.45) is 6.46. The van der Waals surface area contributed by atoms with E-state index in [4.69, 9.17) is 15.9 Å². The monoisotopic (exact) mass is 462 g/mol. The summed E-state index contributed by atoms with van der Waals surface area (Å²) in [7, 11) is 7.01. The Bertz CT molecular complexity index is 1160. The largest absolute Gasteiger partial charge is 0.354 e. The number of amides is 2. The molecule has 1 heterocycles. The van der Waals surface area contributed by atoms with Crippen molar-refractivity contribution in [3.8, 4) is 12.3 Å². The zero-order chi connectivity index (χ0) is 24.5. The zero-order valence-electron chi connectivity index (χ0n) is 19.9. The van der Waals surface area contributed by atoms with Gasteiger partial charge in [0.05, 0.1) is 12.1 Å². The van der Waals surface area contributed by atoms with E-state index < -0.39 is 6.29 Å². The number of anilines is 3. The lowest BCUT2D eigenvalue weighted by Crippen LogP contribution is -2.44. The van der Waals surface area contributed by atoms with Gasteiger partial charge in [0, 0.05) is 49.6 Å². The lowest BCUT2D eigenvalue weighted by molar-refractivity contribution is -0.111. The number of carbonyl (C=O) groups excluding carboxylic acids is 1. The molecule has 0 aliphatic rings. The Morgan fingerprint density at radius 2 is 1.88 bits per heavy atom. The Labute approximate surface area is 200 Å². The van der Waals surface area contributed by atoms with E-state index in [1.165, 1.54) is 6.33 Å². The minimum absolute atomic E-state index is 0.251. The van der Waals surface area contributed by atoms with Crippen molar-refractivity contribution in [3.63, 3.8) is 0 Å². The number of ether oxygens (including phenoxy) is 2. The van der Waals surface area contributed by atoms with Gasteiger partial charge in [0.1, 0.15) is 12.1 Å². The van der Waals surface area contributed by atoms with E-state index in [1.54, 1.807) is 19.1 Å². The van der Waals surface area contributed by atoms with Crippen molar-refractivity contribution in [2.75, 3.05) is 58.6 Å². The van der Waals surface area contributed by atoms with E-state index in [2.05, 4.69) is 26.5 Å². The number of hydrogen-bond donors (Lipinski definition) is 2. The molecule has 3 aromatic rings. The number of carbonyl (C=O) groups is 1. The summed E-state index contributed by atoms with van der Waals surface area (Å²) >= 11 is 0. The molecule has 0 saturated carbocycles. The van der Waals surface area contributed by atoms with Crippen LogP contribution in [0.1, 0.15) is 5.56 Å². The van der Waals surface area contributed by atoms with Crippen LogP contribution in [0, 0.1) is 12.3 Å². The standard InChI is InChI=1S/C25H30N6O3/c1-6-18-8-7-9-19(14-18)28-24-21-11-10-20(15-22(21)26-17-27-24)29-25(32)31(13-12-30(2)3)16-23(33-4)34-5/h1,7-11,14-15,17,23H,12-13,16H2,2-5H3,(H,29,32)(H,26,27,28). The van der Waals surface area contributed by atoms with Gasteiger partial charge in [-0.1, -0.05) is 12.0 Å². The second kappa shape index (κ2) is 12.0. The second-order valence-corrected chi connectivity index (χ2v) is 7.88. The van der Waals surface area contributed by atoms with Crippen molar-refractivity contribution in [2.45, 2.75) is 6.29 Å². The first-order chi connectivity index (χ1) is 16.4. The molecule has 0 spiro atoms. The van der Waals surface area contributed by atoms with Gasteiger partial charge in [-0.15, -0.1) is 6.42 Å². The highest BCUT2D eigenvalue weighted by molar-refractivity contribution is 5.96. The number of hydrogen-bond acceptors (Lipinski definition) is 7. The van der Waals surface area contributed by atoms with Crippen LogP contribution in [0.5, 0.6) is 0 Å². The van der Waals surface area contributed by atoms with Gasteiger partial charge in [0.2, 0.25) is 0 Å². The normalized spacial score (nSPS) is 11.0. The molecule has 178 valence electrons. The number of benzene rings is 2. The number of urea groups is 1. The van der Waals surface area contributed by atoms with Crippen molar-refractivity contribution in [1.29, 1.82) is 0 Å². The Kier molecular flexibility index (Phi) is 8.76. The third-order valence-electron chi connectivity index (χ3n) is 5.18. The fraction of sp³-hybridized carbons (Fsp3) is 0.320. The maximum Gasteiger partial charge on any atom is 0.322 e. The van der Waals surface area contributed by atoms with E-state index in [0.29, 0.717) is 36.7 Å². The van der Waals surface area contributed by atoms with Crippen LogP contribution in [0.25, 0.3) is 10.9 Å². The summed E-state index contributed by atoms with van der Waals surface area (Å²) in [4.78, 5) is 25.4. The van der Waals surface area contributed by atoms with Crippen molar-refractivity contribution < 1.29 is 14.3 Å². The number of nitrogens with one attached hydrogen (secondary N) is 2. The molecule has 0 saturated heterocycles. The van der Waals surface area contributed by atoms with E-state index in [-0.39, 0.29) is 6.03 Å². The molecule has 1 aromatic heterocycles. The fourth-order valence-electron chi connectivity index (χ4n) is 3.28. The molecule has 0 aliphatic heterocycles. The van der Waals surface area contributed by atoms with Crippen molar-refractivity contribution in [3.05, 3.63) is 54.4 Å². The number of terminal acetylenes is 1. The highest BCUT2D eigenvalue weighted by Crippen LogP contribution is 2.26. The highest BCUT2D eigenvalue weighted by Gasteiger charge is 2.19. The van der Waals surface area contributed by atoms with Crippen LogP contribution in [0.2, 0.25) is 0 Å². The molecule has 0 unspecified atom stereocenters. The molecule has 9 heteroatoms. The lowest BCUT2D eigenvalue weighted by atomic mass is 10.2. The predicted molar refractivity (Wildman–Crippen MR) is 134 cm³/mol. The number of rotatable bonds is 10. The first kappa shape index (κ1) is 24.9. The number of fused-ring (bicyclic) bond motifs is 1. The molecule has 0 bridgehead atoms. The van der Waals surface area contributed by atoms with Crippen LogP contribution >= 0.6 is 0 Å². The van der Waals surface area contributed by atoms with Gasteiger partial charge >= 0.3 is 6.03 Å². The molecule has 2 amide bonds. The minimum atomic E-state index is -0.515. The predicted octanol–water partition coefficient (Wildman–Crippen LogP) is 3.37. The van der Waals surface area contributed by atoms with E-state index in [0.717, 1.165) is 16.6 Å². The number of nitrogens with zero attached hydrogens (tertiary/aromatic N) is 4. The summed E-state index contributed by atoms with van der Waals surface area (Å²) in [6, 6.07) is 12.8. The van der Waals surface area contributed by atoms with Crippen LogP contribution in [0.15, 0.2) is 48.8 Å². The summed E-state index contributed by atoms with van der Waals surface area (Å²) in [5.41, 5.74) is 2.92. The molecule has 0 radical (unpaired) electrons. The maximum absolute atomic E-state index is 13.0. The average Bonchev–Trinajstić information content (AvgIpc) is 2.84. The SMILES string of the molecule is C#Cc1cccc(Nc2ncnc3cc(NC(=O)N(CCN(C)C)CC(OC)OC)ccc23)c1. The summed E-state index contributed by atoms with van der Waals surface area (Å²) in [5.74, 6) is 3.27. The van der Waals surface area contributed by atoms with E-state index in [1.807, 2.05) is 61.5 Å². The number of likely N-dealkylation sites (N-methyl/N-ethyl adjacent to an activating group) is 1. The van der Waals surface area contributed by atoms with Gasteiger partial charge in [0.25, 0.3) is 0 Å². The molecule has 0 aliphatic carbocycles. The van der Waals surface area contributed by atoms with Crippen LogP contribution in [0.4, 0.5) is 22.0 Å². The van der Waals surface area contributed by atoms with E-state index >= 15 is 0 Å². The quantitative estimate of drug-likeness (QED) is 0.353. The Hall–Kier alpha value is -3.71. The second-order valence-electron chi connectivity index (χ2n) is 7.88. The molecular formula is C25H30N6O3. The zero-order valence-corrected chi connectivity index (χ0v) is 19.9. The molecule has 9 nitrogen and oxygen atoms in total. The Morgan fingerprint density at radius 1 is 1.09 bits per heavy atom. The Balaban J connectivity index is 1.78. The fourth-order valence-corrected chi connectivity index (χ4v) is 3.28. The van der Waals surface area contributed by atoms with Crippen LogP contribution in [-0.4, -0.2) is 80.0 Å². The van der Waals surface area contributed by atoms with Crippen LogP contribution < -0.4 is 10.6 Å². The molecule has 0 fully saturated rings. The molecule has 0 atom stereocenters. The molecule has 2 aromatic carbocycles. The summed E-state index contributed by atoms with van der Waals surface area (Å²) in [6.45, 7) is 1.52. The smallest absolute Gasteiger partial charge is 0.322 e. The van der Waals surface area contributed by atoms with Crippen LogP contribution in [-0.2, 0) is 9.47 Å². The van der Waals surface area contributed by atoms with Crippen LogP contribution in [0.3, 0.4) is 0 Å². The summed E-state index contributed by atoms with van der Waals surface area (Å²) in [5, 5.41) is 7.05. The van der Waals surface area contributed by atoms with Gasteiger partial charge in [-0.25, -0.2) is 14.8 Å². The van der Waals surface area contributed by atoms with Crippen molar-refractivity contribution >= 4 is 34.1 Å². The first-order valence-corrected chi connectivity index (χ1v) is 10.8. The average molecular weight is 463 g/mol. The summed E-state index contributed by atoms with van der Waals surface area (Å²) < 4.78 is 10.6. The molecule has 2 N–H and O–H groups in total. The van der Waals surface area contributed by atoms with E-state index in [9.17, 15) is 4.79 Å². The molecular weight excluding hydrogens is 432 g/mol. The Morgan fingerprint density at radius 3 is 2.59 bits per heavy atom. The molecule has 34 heavy (non-hydrogen) atoms. The minimum Gasteiger partial charge on any atom is -0.354 e. The van der Waals surface area contributed by atoms with Gasteiger partial charge in [-0.2, -0.15) is 0 Å². The highest BCUT2D eigenvalue weighted by atomic mass is 16.7. The van der Waals surface area contributed by atoms with Crippen molar-refractivity contribution in [1.82, 2.24) is 19.8 Å². The number of methoxy groups -OCH3 is 2. The van der Waals surface area contributed by atoms with Crippen molar-refractivity contribution in [2.24, 2.45) is 0 Å².